The van der Waals surface area contributed by atoms with Crippen LogP contribution in [-0.4, -0.2) is 11.5 Å². The minimum Gasteiger partial charge on any atom is -0.423 e. The number of benzene rings is 2. The third-order valence-electron chi connectivity index (χ3n) is 3.55. The SMILES string of the molecule is Cc1cc(=O)oc2cc(NC(=S)Nc3ccc(OC(F)(F)F)cc3)ccc12. The fourth-order valence-electron chi connectivity index (χ4n) is 2.44. The summed E-state index contributed by atoms with van der Waals surface area (Å²) in [5.41, 5.74) is 1.84. The molecule has 0 spiro atoms. The maximum absolute atomic E-state index is 12.2. The van der Waals surface area contributed by atoms with E-state index in [9.17, 15) is 18.0 Å². The van der Waals surface area contributed by atoms with Crippen LogP contribution in [0, 0.1) is 6.92 Å². The molecule has 0 unspecified atom stereocenters. The second-order valence-electron chi connectivity index (χ2n) is 5.61. The third-order valence-corrected chi connectivity index (χ3v) is 3.76. The van der Waals surface area contributed by atoms with Gasteiger partial charge < -0.3 is 19.8 Å². The van der Waals surface area contributed by atoms with Gasteiger partial charge in [0.05, 0.1) is 0 Å². The molecule has 3 aromatic rings. The van der Waals surface area contributed by atoms with Crippen molar-refractivity contribution in [1.29, 1.82) is 0 Å². The van der Waals surface area contributed by atoms with E-state index in [0.717, 1.165) is 10.9 Å². The van der Waals surface area contributed by atoms with Crippen molar-refractivity contribution in [3.63, 3.8) is 0 Å². The summed E-state index contributed by atoms with van der Waals surface area (Å²) in [5, 5.41) is 6.79. The van der Waals surface area contributed by atoms with Gasteiger partial charge in [0.1, 0.15) is 11.3 Å². The van der Waals surface area contributed by atoms with E-state index in [1.54, 1.807) is 18.2 Å². The first kappa shape index (κ1) is 18.7. The number of hydrogen-bond acceptors (Lipinski definition) is 4. The van der Waals surface area contributed by atoms with E-state index in [0.29, 0.717) is 17.0 Å². The summed E-state index contributed by atoms with van der Waals surface area (Å²) in [6.45, 7) is 1.81. The highest BCUT2D eigenvalue weighted by Crippen LogP contribution is 2.24. The fourth-order valence-corrected chi connectivity index (χ4v) is 2.67. The van der Waals surface area contributed by atoms with E-state index in [2.05, 4.69) is 15.4 Å². The van der Waals surface area contributed by atoms with E-state index in [4.69, 9.17) is 16.6 Å². The van der Waals surface area contributed by atoms with E-state index < -0.39 is 12.0 Å². The highest BCUT2D eigenvalue weighted by atomic mass is 32.1. The molecule has 2 aromatic carbocycles. The van der Waals surface area contributed by atoms with Crippen LogP contribution < -0.4 is 21.0 Å². The molecule has 9 heteroatoms. The van der Waals surface area contributed by atoms with Gasteiger partial charge in [-0.15, -0.1) is 13.2 Å². The van der Waals surface area contributed by atoms with E-state index in [1.165, 1.54) is 30.3 Å². The van der Waals surface area contributed by atoms with Gasteiger partial charge in [0, 0.05) is 28.9 Å². The zero-order valence-corrected chi connectivity index (χ0v) is 14.7. The molecular weight excluding hydrogens is 381 g/mol. The molecule has 5 nitrogen and oxygen atoms in total. The first-order valence-corrected chi connectivity index (χ1v) is 8.09. The molecule has 0 saturated heterocycles. The second-order valence-corrected chi connectivity index (χ2v) is 6.02. The number of ether oxygens (including phenoxy) is 1. The lowest BCUT2D eigenvalue weighted by atomic mass is 10.1. The topological polar surface area (TPSA) is 63.5 Å². The lowest BCUT2D eigenvalue weighted by Crippen LogP contribution is -2.19. The molecule has 27 heavy (non-hydrogen) atoms. The molecule has 1 heterocycles. The zero-order valence-electron chi connectivity index (χ0n) is 13.9. The van der Waals surface area contributed by atoms with Gasteiger partial charge >= 0.3 is 12.0 Å². The first-order valence-electron chi connectivity index (χ1n) is 7.68. The molecule has 140 valence electrons. The van der Waals surface area contributed by atoms with Crippen LogP contribution in [0.15, 0.2) is 57.7 Å². The lowest BCUT2D eigenvalue weighted by Gasteiger charge is -2.12. The van der Waals surface area contributed by atoms with Crippen molar-refractivity contribution in [3.8, 4) is 5.75 Å². The highest BCUT2D eigenvalue weighted by molar-refractivity contribution is 7.80. The van der Waals surface area contributed by atoms with Gasteiger partial charge in [-0.3, -0.25) is 0 Å². The molecule has 0 amide bonds. The summed E-state index contributed by atoms with van der Waals surface area (Å²) in [4.78, 5) is 11.5. The highest BCUT2D eigenvalue weighted by Gasteiger charge is 2.30. The van der Waals surface area contributed by atoms with Crippen molar-refractivity contribution in [2.75, 3.05) is 10.6 Å². The predicted octanol–water partition coefficient (Wildman–Crippen LogP) is 4.81. The number of rotatable bonds is 3. The normalized spacial score (nSPS) is 11.3. The maximum atomic E-state index is 12.2. The van der Waals surface area contributed by atoms with Gasteiger partial charge in [0.15, 0.2) is 5.11 Å². The maximum Gasteiger partial charge on any atom is 0.573 e. The Kier molecular flexibility index (Phi) is 5.04. The number of hydrogen-bond donors (Lipinski definition) is 2. The number of fused-ring (bicyclic) bond motifs is 1. The van der Waals surface area contributed by atoms with Gasteiger partial charge in [-0.2, -0.15) is 0 Å². The minimum absolute atomic E-state index is 0.217. The van der Waals surface area contributed by atoms with Gasteiger partial charge in [-0.25, -0.2) is 4.79 Å². The van der Waals surface area contributed by atoms with Gasteiger partial charge in [-0.05, 0) is 61.1 Å². The van der Waals surface area contributed by atoms with E-state index >= 15 is 0 Å². The quantitative estimate of drug-likeness (QED) is 0.491. The Balaban J connectivity index is 1.69. The molecule has 2 N–H and O–H groups in total. The monoisotopic (exact) mass is 394 g/mol. The van der Waals surface area contributed by atoms with Crippen LogP contribution in [-0.2, 0) is 0 Å². The number of halogens is 3. The lowest BCUT2D eigenvalue weighted by molar-refractivity contribution is -0.274. The Hall–Kier alpha value is -3.07. The Labute approximate surface area is 156 Å². The summed E-state index contributed by atoms with van der Waals surface area (Å²) in [7, 11) is 0. The molecule has 1 aromatic heterocycles. The largest absolute Gasteiger partial charge is 0.573 e. The fraction of sp³-hybridized carbons (Fsp3) is 0.111. The van der Waals surface area contributed by atoms with Crippen molar-refractivity contribution >= 4 is 39.7 Å². The summed E-state index contributed by atoms with van der Waals surface area (Å²) in [6, 6.07) is 11.8. The summed E-state index contributed by atoms with van der Waals surface area (Å²) in [5.74, 6) is -0.327. The van der Waals surface area contributed by atoms with Crippen LogP contribution in [0.3, 0.4) is 0 Å². The summed E-state index contributed by atoms with van der Waals surface area (Å²) in [6.07, 6.45) is -4.74. The van der Waals surface area contributed by atoms with E-state index in [-0.39, 0.29) is 10.9 Å². The summed E-state index contributed by atoms with van der Waals surface area (Å²) < 4.78 is 45.5. The second kappa shape index (κ2) is 7.28. The van der Waals surface area contributed by atoms with Crippen molar-refractivity contribution in [2.45, 2.75) is 13.3 Å². The Bertz CT molecular complexity index is 1050. The van der Waals surface area contributed by atoms with Crippen molar-refractivity contribution in [2.24, 2.45) is 0 Å². The third kappa shape index (κ3) is 4.98. The number of nitrogens with one attached hydrogen (secondary N) is 2. The Morgan fingerprint density at radius 3 is 2.33 bits per heavy atom. The Morgan fingerprint density at radius 1 is 1.04 bits per heavy atom. The molecule has 0 aliphatic heterocycles. The van der Waals surface area contributed by atoms with Crippen LogP contribution in [0.25, 0.3) is 11.0 Å². The molecule has 0 aliphatic rings. The van der Waals surface area contributed by atoms with E-state index in [1.807, 2.05) is 6.92 Å². The molecule has 0 aliphatic carbocycles. The van der Waals surface area contributed by atoms with Crippen molar-refractivity contribution < 1.29 is 22.3 Å². The molecule has 3 rings (SSSR count). The average molecular weight is 394 g/mol. The summed E-state index contributed by atoms with van der Waals surface area (Å²) >= 11 is 5.19. The number of anilines is 2. The van der Waals surface area contributed by atoms with Crippen LogP contribution in [0.4, 0.5) is 24.5 Å². The average Bonchev–Trinajstić information content (AvgIpc) is 2.54. The molecule has 0 fully saturated rings. The van der Waals surface area contributed by atoms with Crippen LogP contribution in [0.5, 0.6) is 5.75 Å². The molecule has 0 atom stereocenters. The minimum atomic E-state index is -4.74. The predicted molar refractivity (Wildman–Crippen MR) is 100 cm³/mol. The molecule has 0 bridgehead atoms. The van der Waals surface area contributed by atoms with Crippen LogP contribution in [0.2, 0.25) is 0 Å². The molecular formula is C18H13F3N2O3S. The number of thiocarbonyl (C=S) groups is 1. The van der Waals surface area contributed by atoms with Gasteiger partial charge in [0.2, 0.25) is 0 Å². The van der Waals surface area contributed by atoms with Crippen molar-refractivity contribution in [3.05, 3.63) is 64.5 Å². The first-order chi connectivity index (χ1) is 12.7. The van der Waals surface area contributed by atoms with Crippen LogP contribution in [0.1, 0.15) is 5.56 Å². The van der Waals surface area contributed by atoms with Gasteiger partial charge in [0.25, 0.3) is 0 Å². The standard InChI is InChI=1S/C18H13F3N2O3S/c1-10-8-16(24)25-15-9-12(4-7-14(10)15)23-17(27)22-11-2-5-13(6-3-11)26-18(19,20)21/h2-9H,1H3,(H2,22,23,27). The van der Waals surface area contributed by atoms with Crippen molar-refractivity contribution in [1.82, 2.24) is 0 Å². The smallest absolute Gasteiger partial charge is 0.423 e. The van der Waals surface area contributed by atoms with Gasteiger partial charge in [-0.1, -0.05) is 0 Å². The molecule has 0 radical (unpaired) electrons. The molecule has 0 saturated carbocycles. The zero-order chi connectivity index (χ0) is 19.6. The van der Waals surface area contributed by atoms with Crippen LogP contribution >= 0.6 is 12.2 Å². The number of aryl methyl sites for hydroxylation is 1. The Morgan fingerprint density at radius 2 is 1.67 bits per heavy atom. The number of alkyl halides is 3.